The summed E-state index contributed by atoms with van der Waals surface area (Å²) in [6.45, 7) is 16.9. The number of unbranched alkanes of at least 4 members (excludes halogenated alkanes) is 16. The van der Waals surface area contributed by atoms with Crippen LogP contribution in [0, 0.1) is 5.92 Å². The van der Waals surface area contributed by atoms with Crippen LogP contribution in [0.4, 0.5) is 4.79 Å². The summed E-state index contributed by atoms with van der Waals surface area (Å²) in [7, 11) is 0. The van der Waals surface area contributed by atoms with Gasteiger partial charge in [0.25, 0.3) is 0 Å². The number of esters is 2. The molecule has 14 nitrogen and oxygen atoms in total. The predicted molar refractivity (Wildman–Crippen MR) is 241 cm³/mol. The van der Waals surface area contributed by atoms with Crippen LogP contribution in [0.25, 0.3) is 0 Å². The predicted octanol–water partition coefficient (Wildman–Crippen LogP) is 8.41. The molecule has 0 bridgehead atoms. The van der Waals surface area contributed by atoms with Gasteiger partial charge in [0.15, 0.2) is 5.78 Å². The van der Waals surface area contributed by atoms with Gasteiger partial charge in [0.2, 0.25) is 11.8 Å². The SMILES string of the molecule is CC(C)C(=O)COCCOCCNC(=O)NCCCCNC(=O)CC[C@H](NC(=O)CCCCCCCCCCCCCCCCCCC(=O)OC(C)(C)C)C(=O)OC(C)(C)C. The van der Waals surface area contributed by atoms with Gasteiger partial charge >= 0.3 is 18.0 Å². The molecule has 0 rings (SSSR count). The maximum absolute atomic E-state index is 12.9. The van der Waals surface area contributed by atoms with E-state index < -0.39 is 23.2 Å². The lowest BCUT2D eigenvalue weighted by atomic mass is 10.0. The summed E-state index contributed by atoms with van der Waals surface area (Å²) in [5, 5.41) is 11.1. The molecule has 4 amide bonds. The Morgan fingerprint density at radius 1 is 0.475 bits per heavy atom. The Bertz CT molecular complexity index is 1200. The molecular formula is C47H88N4O10. The van der Waals surface area contributed by atoms with E-state index in [1.807, 2.05) is 34.6 Å². The molecule has 356 valence electrons. The molecule has 0 heterocycles. The van der Waals surface area contributed by atoms with Crippen LogP contribution in [-0.2, 0) is 42.9 Å². The highest BCUT2D eigenvalue weighted by Crippen LogP contribution is 2.16. The van der Waals surface area contributed by atoms with Gasteiger partial charge in [0, 0.05) is 44.8 Å². The average Bonchev–Trinajstić information content (AvgIpc) is 3.16. The highest BCUT2D eigenvalue weighted by molar-refractivity contribution is 5.85. The van der Waals surface area contributed by atoms with Gasteiger partial charge in [0.05, 0.1) is 19.8 Å². The van der Waals surface area contributed by atoms with Gasteiger partial charge in [-0.05, 0) is 73.6 Å². The summed E-state index contributed by atoms with van der Waals surface area (Å²) in [4.78, 5) is 73.5. The minimum absolute atomic E-state index is 0.0485. The van der Waals surface area contributed by atoms with Gasteiger partial charge in [-0.15, -0.1) is 0 Å². The lowest BCUT2D eigenvalue weighted by molar-refractivity contribution is -0.159. The number of nitrogens with one attached hydrogen (secondary N) is 4. The van der Waals surface area contributed by atoms with Crippen molar-refractivity contribution >= 4 is 35.6 Å². The molecule has 14 heteroatoms. The van der Waals surface area contributed by atoms with E-state index in [0.29, 0.717) is 65.1 Å². The molecule has 0 aromatic carbocycles. The number of Topliss-reactive ketones (excluding diaryl/α,β-unsaturated/α-hetero) is 1. The Kier molecular flexibility index (Phi) is 34.3. The third kappa shape index (κ3) is 40.6. The topological polar surface area (TPSA) is 187 Å². The first-order chi connectivity index (χ1) is 28.9. The van der Waals surface area contributed by atoms with E-state index >= 15 is 0 Å². The highest BCUT2D eigenvalue weighted by Gasteiger charge is 2.27. The van der Waals surface area contributed by atoms with Crippen LogP contribution in [0.3, 0.4) is 0 Å². The Labute approximate surface area is 369 Å². The van der Waals surface area contributed by atoms with Crippen molar-refractivity contribution in [3.8, 4) is 0 Å². The maximum Gasteiger partial charge on any atom is 0.329 e. The summed E-state index contributed by atoms with van der Waals surface area (Å²) in [5.41, 5.74) is -1.12. The molecule has 0 saturated carbocycles. The van der Waals surface area contributed by atoms with Crippen molar-refractivity contribution in [3.05, 3.63) is 0 Å². The number of carbonyl (C=O) groups is 6. The number of rotatable bonds is 38. The zero-order valence-electron chi connectivity index (χ0n) is 39.7. The lowest BCUT2D eigenvalue weighted by Crippen LogP contribution is -2.44. The van der Waals surface area contributed by atoms with E-state index in [-0.39, 0.29) is 55.0 Å². The Morgan fingerprint density at radius 3 is 1.44 bits per heavy atom. The normalized spacial score (nSPS) is 12.1. The molecule has 0 aliphatic rings. The first-order valence-electron chi connectivity index (χ1n) is 23.6. The smallest absolute Gasteiger partial charge is 0.329 e. The van der Waals surface area contributed by atoms with Gasteiger partial charge in [0.1, 0.15) is 23.9 Å². The molecule has 4 N–H and O–H groups in total. The molecule has 0 aromatic heterocycles. The fourth-order valence-corrected chi connectivity index (χ4v) is 6.21. The number of hydrogen-bond donors (Lipinski definition) is 4. The molecule has 0 saturated heterocycles. The third-order valence-corrected chi connectivity index (χ3v) is 9.64. The van der Waals surface area contributed by atoms with Crippen LogP contribution < -0.4 is 21.3 Å². The Morgan fingerprint density at radius 2 is 0.934 bits per heavy atom. The summed E-state index contributed by atoms with van der Waals surface area (Å²) >= 11 is 0. The van der Waals surface area contributed by atoms with E-state index in [9.17, 15) is 28.8 Å². The molecule has 1 atom stereocenters. The second-order valence-electron chi connectivity index (χ2n) is 18.5. The zero-order chi connectivity index (χ0) is 45.8. The van der Waals surface area contributed by atoms with E-state index in [4.69, 9.17) is 18.9 Å². The molecule has 0 radical (unpaired) electrons. The molecule has 0 aliphatic carbocycles. The third-order valence-electron chi connectivity index (χ3n) is 9.64. The summed E-state index contributed by atoms with van der Waals surface area (Å²) in [5.74, 6) is -1.07. The number of amides is 4. The van der Waals surface area contributed by atoms with Crippen molar-refractivity contribution in [3.63, 3.8) is 0 Å². The lowest BCUT2D eigenvalue weighted by Gasteiger charge is -2.24. The quantitative estimate of drug-likeness (QED) is 0.0347. The molecule has 0 unspecified atom stereocenters. The van der Waals surface area contributed by atoms with E-state index in [1.165, 1.54) is 64.2 Å². The molecular weight excluding hydrogens is 781 g/mol. The van der Waals surface area contributed by atoms with Crippen LogP contribution in [0.5, 0.6) is 0 Å². The Hall–Kier alpha value is -3.26. The van der Waals surface area contributed by atoms with Crippen LogP contribution >= 0.6 is 0 Å². The standard InChI is InChI=1S/C47H88N4O10/c1-38(2)40(52)37-59-36-35-58-34-33-50-45(57)49-32-26-25-31-48-41(53)30-29-39(44(56)61-47(6,7)8)51-42(54)27-23-21-19-17-15-13-11-9-10-12-14-16-18-20-22-24-28-43(55)60-46(3,4)5/h38-39H,9-37H2,1-8H3,(H,48,53)(H,51,54)(H2,49,50,57)/t39-/m0/s1. The van der Waals surface area contributed by atoms with E-state index in [0.717, 1.165) is 38.5 Å². The van der Waals surface area contributed by atoms with E-state index in [2.05, 4.69) is 21.3 Å². The van der Waals surface area contributed by atoms with Gasteiger partial charge in [-0.2, -0.15) is 0 Å². The summed E-state index contributed by atoms with van der Waals surface area (Å²) in [6, 6.07) is -1.21. The number of ketones is 1. The van der Waals surface area contributed by atoms with E-state index in [1.54, 1.807) is 20.8 Å². The zero-order valence-corrected chi connectivity index (χ0v) is 39.7. The molecule has 0 aliphatic heterocycles. The number of ether oxygens (including phenoxy) is 4. The van der Waals surface area contributed by atoms with Crippen molar-refractivity contribution in [2.24, 2.45) is 5.92 Å². The van der Waals surface area contributed by atoms with Gasteiger partial charge < -0.3 is 40.2 Å². The molecule has 0 fully saturated rings. The minimum Gasteiger partial charge on any atom is -0.460 e. The van der Waals surface area contributed by atoms with Gasteiger partial charge in [-0.1, -0.05) is 104 Å². The molecule has 0 spiro atoms. The second-order valence-corrected chi connectivity index (χ2v) is 18.5. The molecule has 61 heavy (non-hydrogen) atoms. The molecule has 0 aromatic rings. The van der Waals surface area contributed by atoms with Crippen LogP contribution in [0.2, 0.25) is 0 Å². The minimum atomic E-state index is -0.901. The maximum atomic E-state index is 12.9. The summed E-state index contributed by atoms with van der Waals surface area (Å²) < 4.78 is 21.5. The van der Waals surface area contributed by atoms with Crippen molar-refractivity contribution in [2.75, 3.05) is 46.1 Å². The van der Waals surface area contributed by atoms with Crippen molar-refractivity contribution in [1.82, 2.24) is 21.3 Å². The fourth-order valence-electron chi connectivity index (χ4n) is 6.21. The fraction of sp³-hybridized carbons (Fsp3) is 0.872. The van der Waals surface area contributed by atoms with Crippen LogP contribution in [-0.4, -0.2) is 98.9 Å². The first-order valence-corrected chi connectivity index (χ1v) is 23.6. The average molecular weight is 869 g/mol. The van der Waals surface area contributed by atoms with Crippen molar-refractivity contribution in [2.45, 2.75) is 214 Å². The van der Waals surface area contributed by atoms with Crippen LogP contribution in [0.1, 0.15) is 197 Å². The second kappa shape index (κ2) is 36.2. The van der Waals surface area contributed by atoms with Gasteiger partial charge in [-0.25, -0.2) is 9.59 Å². The Balaban J connectivity index is 3.99. The van der Waals surface area contributed by atoms with Gasteiger partial charge in [-0.3, -0.25) is 19.2 Å². The number of hydrogen-bond acceptors (Lipinski definition) is 10. The number of carbonyl (C=O) groups excluding carboxylic acids is 6. The van der Waals surface area contributed by atoms with Crippen LogP contribution in [0.15, 0.2) is 0 Å². The highest BCUT2D eigenvalue weighted by atomic mass is 16.6. The largest absolute Gasteiger partial charge is 0.460 e. The first kappa shape index (κ1) is 57.7. The number of urea groups is 1. The monoisotopic (exact) mass is 869 g/mol. The van der Waals surface area contributed by atoms with Crippen molar-refractivity contribution < 1.29 is 47.7 Å². The van der Waals surface area contributed by atoms with Crippen molar-refractivity contribution in [1.29, 1.82) is 0 Å². The summed E-state index contributed by atoms with van der Waals surface area (Å²) in [6.07, 6.45) is 21.0.